The Bertz CT molecular complexity index is 812. The van der Waals surface area contributed by atoms with Crippen LogP contribution in [0.25, 0.3) is 0 Å². The Morgan fingerprint density at radius 1 is 1.03 bits per heavy atom. The van der Waals surface area contributed by atoms with Crippen molar-refractivity contribution in [2.75, 3.05) is 38.4 Å². The van der Waals surface area contributed by atoms with Crippen molar-refractivity contribution in [1.29, 1.82) is 0 Å². The third-order valence-electron chi connectivity index (χ3n) is 5.71. The maximum Gasteiger partial charge on any atom is 0.243 e. The molecule has 2 N–H and O–H groups in total. The van der Waals surface area contributed by atoms with Gasteiger partial charge in [0.2, 0.25) is 5.91 Å². The first kappa shape index (κ1) is 22.0. The normalized spacial score (nSPS) is 14.4. The van der Waals surface area contributed by atoms with Crippen LogP contribution in [-0.4, -0.2) is 44.7 Å². The van der Waals surface area contributed by atoms with Gasteiger partial charge in [0, 0.05) is 42.2 Å². The van der Waals surface area contributed by atoms with E-state index in [1.54, 1.807) is 32.4 Å². The number of hydrogen-bond acceptors (Lipinski definition) is 5. The Labute approximate surface area is 179 Å². The highest BCUT2D eigenvalue weighted by Gasteiger charge is 2.19. The number of benzene rings is 2. The van der Waals surface area contributed by atoms with Crippen LogP contribution in [-0.2, 0) is 11.3 Å². The van der Waals surface area contributed by atoms with Gasteiger partial charge < -0.3 is 20.1 Å². The van der Waals surface area contributed by atoms with Gasteiger partial charge in [-0.05, 0) is 31.5 Å². The predicted octanol–water partition coefficient (Wildman–Crippen LogP) is 4.52. The molecule has 0 atom stereocenters. The van der Waals surface area contributed by atoms with E-state index in [9.17, 15) is 4.79 Å². The minimum absolute atomic E-state index is 0.124. The fraction of sp³-hybridized carbons (Fsp3) is 0.458. The van der Waals surface area contributed by atoms with Gasteiger partial charge in [-0.2, -0.15) is 0 Å². The molecule has 0 bridgehead atoms. The van der Waals surface area contributed by atoms with Gasteiger partial charge in [-0.1, -0.05) is 37.5 Å². The summed E-state index contributed by atoms with van der Waals surface area (Å²) in [7, 11) is 5.38. The molecule has 2 aromatic carbocycles. The van der Waals surface area contributed by atoms with Crippen LogP contribution in [0.5, 0.6) is 11.5 Å². The second-order valence-electron chi connectivity index (χ2n) is 7.87. The van der Waals surface area contributed by atoms with E-state index in [2.05, 4.69) is 34.7 Å². The molecule has 1 amide bonds. The second kappa shape index (κ2) is 10.9. The van der Waals surface area contributed by atoms with E-state index in [0.29, 0.717) is 23.2 Å². The molecule has 0 unspecified atom stereocenters. The number of rotatable bonds is 9. The molecule has 0 saturated heterocycles. The maximum atomic E-state index is 12.5. The SMILES string of the molecule is COc1cc(NC(=O)CNc2ccccc2CN(C)C2CCCCC2)cc(OC)c1. The smallest absolute Gasteiger partial charge is 0.243 e. The Kier molecular flexibility index (Phi) is 7.97. The third kappa shape index (κ3) is 6.13. The molecule has 6 heteroatoms. The van der Waals surface area contributed by atoms with Crippen molar-refractivity contribution in [1.82, 2.24) is 4.90 Å². The first-order valence-electron chi connectivity index (χ1n) is 10.6. The molecule has 2 aromatic rings. The molecular weight excluding hydrogens is 378 g/mol. The van der Waals surface area contributed by atoms with Crippen LogP contribution in [0.4, 0.5) is 11.4 Å². The molecule has 0 radical (unpaired) electrons. The lowest BCUT2D eigenvalue weighted by molar-refractivity contribution is -0.114. The molecule has 0 heterocycles. The molecule has 0 aromatic heterocycles. The first-order chi connectivity index (χ1) is 14.6. The van der Waals surface area contributed by atoms with Crippen LogP contribution in [0.3, 0.4) is 0 Å². The first-order valence-corrected chi connectivity index (χ1v) is 10.6. The van der Waals surface area contributed by atoms with Gasteiger partial charge in [-0.25, -0.2) is 0 Å². The minimum Gasteiger partial charge on any atom is -0.497 e. The van der Waals surface area contributed by atoms with Gasteiger partial charge in [0.1, 0.15) is 11.5 Å². The van der Waals surface area contributed by atoms with Crippen molar-refractivity contribution in [2.45, 2.75) is 44.7 Å². The van der Waals surface area contributed by atoms with Crippen molar-refractivity contribution in [3.8, 4) is 11.5 Å². The Morgan fingerprint density at radius 2 is 1.70 bits per heavy atom. The Hall–Kier alpha value is -2.73. The number of anilines is 2. The summed E-state index contributed by atoms with van der Waals surface area (Å²) in [6.07, 6.45) is 6.56. The molecule has 1 aliphatic rings. The van der Waals surface area contributed by atoms with Crippen LogP contribution in [0, 0.1) is 0 Å². The molecule has 30 heavy (non-hydrogen) atoms. The number of nitrogens with zero attached hydrogens (tertiary/aromatic N) is 1. The van der Waals surface area contributed by atoms with Crippen molar-refractivity contribution >= 4 is 17.3 Å². The number of amides is 1. The highest BCUT2D eigenvalue weighted by molar-refractivity contribution is 5.94. The number of methoxy groups -OCH3 is 2. The van der Waals surface area contributed by atoms with Gasteiger partial charge in [-0.3, -0.25) is 9.69 Å². The summed E-state index contributed by atoms with van der Waals surface area (Å²) in [5, 5.41) is 6.20. The number of para-hydroxylation sites is 1. The van der Waals surface area contributed by atoms with E-state index in [-0.39, 0.29) is 12.5 Å². The number of hydrogen-bond donors (Lipinski definition) is 2. The molecular formula is C24H33N3O3. The number of carbonyl (C=O) groups excluding carboxylic acids is 1. The lowest BCUT2D eigenvalue weighted by Gasteiger charge is -2.31. The number of ether oxygens (including phenoxy) is 2. The van der Waals surface area contributed by atoms with Gasteiger partial charge >= 0.3 is 0 Å². The maximum absolute atomic E-state index is 12.5. The van der Waals surface area contributed by atoms with E-state index < -0.39 is 0 Å². The van der Waals surface area contributed by atoms with E-state index in [4.69, 9.17) is 9.47 Å². The zero-order valence-electron chi connectivity index (χ0n) is 18.2. The number of carbonyl (C=O) groups is 1. The van der Waals surface area contributed by atoms with Crippen LogP contribution in [0.15, 0.2) is 42.5 Å². The van der Waals surface area contributed by atoms with E-state index in [0.717, 1.165) is 12.2 Å². The molecule has 0 aliphatic heterocycles. The summed E-state index contributed by atoms with van der Waals surface area (Å²) in [5.41, 5.74) is 2.85. The quantitative estimate of drug-likeness (QED) is 0.635. The van der Waals surface area contributed by atoms with Gasteiger partial charge in [-0.15, -0.1) is 0 Å². The summed E-state index contributed by atoms with van der Waals surface area (Å²) in [6.45, 7) is 1.06. The lowest BCUT2D eigenvalue weighted by Crippen LogP contribution is -2.33. The van der Waals surface area contributed by atoms with Crippen LogP contribution < -0.4 is 20.1 Å². The average molecular weight is 412 g/mol. The molecule has 3 rings (SSSR count). The third-order valence-corrected chi connectivity index (χ3v) is 5.71. The standard InChI is InChI=1S/C24H33N3O3/c1-27(20-10-5-4-6-11-20)17-18-9-7-8-12-23(18)25-16-24(28)26-19-13-21(29-2)15-22(14-19)30-3/h7-9,12-15,20,25H,4-6,10-11,16-17H2,1-3H3,(H,26,28). The van der Waals surface area contributed by atoms with Gasteiger partial charge in [0.25, 0.3) is 0 Å². The largest absolute Gasteiger partial charge is 0.497 e. The molecule has 1 fully saturated rings. The summed E-state index contributed by atoms with van der Waals surface area (Å²) in [5.74, 6) is 1.14. The molecule has 1 aliphatic carbocycles. The van der Waals surface area contributed by atoms with Crippen LogP contribution in [0.1, 0.15) is 37.7 Å². The van der Waals surface area contributed by atoms with Crippen molar-refractivity contribution in [3.05, 3.63) is 48.0 Å². The summed E-state index contributed by atoms with van der Waals surface area (Å²) in [4.78, 5) is 14.9. The van der Waals surface area contributed by atoms with E-state index in [1.165, 1.54) is 37.7 Å². The molecule has 1 saturated carbocycles. The zero-order valence-corrected chi connectivity index (χ0v) is 18.2. The van der Waals surface area contributed by atoms with Crippen molar-refractivity contribution < 1.29 is 14.3 Å². The highest BCUT2D eigenvalue weighted by Crippen LogP contribution is 2.26. The van der Waals surface area contributed by atoms with E-state index in [1.807, 2.05) is 12.1 Å². The topological polar surface area (TPSA) is 62.8 Å². The number of nitrogens with one attached hydrogen (secondary N) is 2. The van der Waals surface area contributed by atoms with Crippen LogP contribution >= 0.6 is 0 Å². The zero-order chi connectivity index (χ0) is 21.3. The van der Waals surface area contributed by atoms with Crippen LogP contribution in [0.2, 0.25) is 0 Å². The van der Waals surface area contributed by atoms with Gasteiger partial charge in [0.05, 0.1) is 20.8 Å². The fourth-order valence-electron chi connectivity index (χ4n) is 4.01. The monoisotopic (exact) mass is 411 g/mol. The minimum atomic E-state index is -0.124. The Morgan fingerprint density at radius 3 is 2.37 bits per heavy atom. The predicted molar refractivity (Wildman–Crippen MR) is 121 cm³/mol. The summed E-state index contributed by atoms with van der Waals surface area (Å²) < 4.78 is 10.5. The summed E-state index contributed by atoms with van der Waals surface area (Å²) >= 11 is 0. The Balaban J connectivity index is 1.58. The fourth-order valence-corrected chi connectivity index (χ4v) is 4.01. The van der Waals surface area contributed by atoms with E-state index >= 15 is 0 Å². The van der Waals surface area contributed by atoms with Crippen molar-refractivity contribution in [3.63, 3.8) is 0 Å². The molecule has 0 spiro atoms. The lowest BCUT2D eigenvalue weighted by atomic mass is 9.94. The molecule has 162 valence electrons. The average Bonchev–Trinajstić information content (AvgIpc) is 2.78. The van der Waals surface area contributed by atoms with Gasteiger partial charge in [0.15, 0.2) is 0 Å². The summed E-state index contributed by atoms with van der Waals surface area (Å²) in [6, 6.07) is 14.2. The van der Waals surface area contributed by atoms with Crippen molar-refractivity contribution in [2.24, 2.45) is 0 Å². The highest BCUT2D eigenvalue weighted by atomic mass is 16.5. The second-order valence-corrected chi connectivity index (χ2v) is 7.87. The molecule has 6 nitrogen and oxygen atoms in total.